The van der Waals surface area contributed by atoms with Crippen LogP contribution in [0.1, 0.15) is 25.0 Å². The number of anilines is 1. The van der Waals surface area contributed by atoms with E-state index in [0.717, 1.165) is 30.6 Å². The Bertz CT molecular complexity index is 1210. The minimum absolute atomic E-state index is 0.0178. The molecule has 5 rings (SSSR count). The van der Waals surface area contributed by atoms with Crippen molar-refractivity contribution in [2.75, 3.05) is 25.1 Å². The molecule has 3 aliphatic heterocycles. The molecule has 2 amide bonds. The molecule has 4 aliphatic rings. The van der Waals surface area contributed by atoms with Gasteiger partial charge in [-0.25, -0.2) is 9.78 Å². The molecule has 178 valence electrons. The predicted molar refractivity (Wildman–Crippen MR) is 126 cm³/mol. The van der Waals surface area contributed by atoms with E-state index >= 15 is 0 Å². The highest BCUT2D eigenvalue weighted by atomic mass is 32.2. The largest absolute Gasteiger partial charge is 0.477 e. The number of β-lactam (4-membered cyclic amide) rings is 1. The van der Waals surface area contributed by atoms with E-state index in [-0.39, 0.29) is 22.2 Å². The van der Waals surface area contributed by atoms with Crippen LogP contribution in [0.2, 0.25) is 0 Å². The van der Waals surface area contributed by atoms with Crippen LogP contribution < -0.4 is 11.1 Å². The van der Waals surface area contributed by atoms with E-state index in [2.05, 4.69) is 27.9 Å². The fraction of sp³-hybridized carbons (Fsp3) is 0.381. The number of nitrogens with one attached hydrogen (secondary N) is 1. The van der Waals surface area contributed by atoms with E-state index < -0.39 is 29.2 Å². The van der Waals surface area contributed by atoms with Crippen LogP contribution in [0.4, 0.5) is 5.13 Å². The van der Waals surface area contributed by atoms with Crippen molar-refractivity contribution in [1.82, 2.24) is 15.2 Å². The number of carbonyl (C=O) groups is 3. The second kappa shape index (κ2) is 8.25. The molecule has 1 aliphatic carbocycles. The number of hydrogen-bond acceptors (Lipinski definition) is 9. The number of hydrogen-bond donors (Lipinski definition) is 4. The van der Waals surface area contributed by atoms with Gasteiger partial charge in [0.25, 0.3) is 11.8 Å². The Morgan fingerprint density at radius 1 is 1.35 bits per heavy atom. The zero-order chi connectivity index (χ0) is 24.2. The maximum Gasteiger partial charge on any atom is 0.352 e. The van der Waals surface area contributed by atoms with Crippen molar-refractivity contribution >= 4 is 51.7 Å². The van der Waals surface area contributed by atoms with Crippen molar-refractivity contribution in [3.8, 4) is 0 Å². The number of carbonyl (C=O) groups excluding carboxylic acids is 2. The number of carboxylic acids is 1. The van der Waals surface area contributed by atoms with Gasteiger partial charge in [0.1, 0.15) is 41.8 Å². The van der Waals surface area contributed by atoms with E-state index in [4.69, 9.17) is 5.73 Å². The maximum absolute atomic E-state index is 13.0. The van der Waals surface area contributed by atoms with Crippen LogP contribution in [0.5, 0.6) is 0 Å². The van der Waals surface area contributed by atoms with Gasteiger partial charge >= 0.3 is 5.97 Å². The van der Waals surface area contributed by atoms with E-state index in [9.17, 15) is 24.7 Å². The van der Waals surface area contributed by atoms with Gasteiger partial charge in [0.2, 0.25) is 0 Å². The highest BCUT2D eigenvalue weighted by Gasteiger charge is 2.55. The average Bonchev–Trinajstić information content (AvgIpc) is 3.47. The summed E-state index contributed by atoms with van der Waals surface area (Å²) in [4.78, 5) is 43.0. The second-order valence-electron chi connectivity index (χ2n) is 8.81. The molecule has 11 nitrogen and oxygen atoms in total. The van der Waals surface area contributed by atoms with Crippen LogP contribution in [0.3, 0.4) is 0 Å². The number of quaternary nitrogens is 1. The second-order valence-corrected chi connectivity index (χ2v) is 10.8. The van der Waals surface area contributed by atoms with Crippen LogP contribution in [0.15, 0.2) is 45.4 Å². The Kier molecular flexibility index (Phi) is 5.49. The molecule has 0 spiro atoms. The number of amides is 2. The first-order chi connectivity index (χ1) is 16.2. The first-order valence-corrected chi connectivity index (χ1v) is 12.6. The number of thiazole rings is 1. The lowest BCUT2D eigenvalue weighted by molar-refractivity contribution is -0.799. The zero-order valence-electron chi connectivity index (χ0n) is 18.2. The highest BCUT2D eigenvalue weighted by molar-refractivity contribution is 8.00. The third-order valence-corrected chi connectivity index (χ3v) is 8.37. The van der Waals surface area contributed by atoms with Crippen molar-refractivity contribution < 1.29 is 29.2 Å². The van der Waals surface area contributed by atoms with E-state index in [1.807, 2.05) is 7.05 Å². The lowest BCUT2D eigenvalue weighted by atomic mass is 10.0. The van der Waals surface area contributed by atoms with Gasteiger partial charge in [-0.3, -0.25) is 19.0 Å². The topological polar surface area (TPSA) is 158 Å². The minimum atomic E-state index is -1.17. The Balaban J connectivity index is 1.34. The highest BCUT2D eigenvalue weighted by Crippen LogP contribution is 2.43. The number of rotatable bonds is 6. The van der Waals surface area contributed by atoms with Crippen LogP contribution in [0, 0.1) is 0 Å². The molecule has 1 aromatic heterocycles. The number of nitrogens with two attached hydrogens (primary N) is 1. The molecule has 0 aromatic carbocycles. The molecule has 4 heterocycles. The van der Waals surface area contributed by atoms with E-state index in [1.165, 1.54) is 33.2 Å². The van der Waals surface area contributed by atoms with Crippen molar-refractivity contribution in [2.45, 2.75) is 30.7 Å². The van der Waals surface area contributed by atoms with Crippen molar-refractivity contribution in [3.63, 3.8) is 0 Å². The Morgan fingerprint density at radius 3 is 2.65 bits per heavy atom. The molecule has 5 N–H and O–H groups in total. The number of carboxylic acid groups (broad SMARTS) is 1. The molecule has 1 saturated heterocycles. The predicted octanol–water partition coefficient (Wildman–Crippen LogP) is 1.05. The monoisotopic (exact) mass is 503 g/mol. The summed E-state index contributed by atoms with van der Waals surface area (Å²) in [5, 5.41) is 25.9. The van der Waals surface area contributed by atoms with Gasteiger partial charge in [0.15, 0.2) is 10.8 Å². The number of nitrogen functional groups attached to an aromatic ring is 1. The van der Waals surface area contributed by atoms with Gasteiger partial charge in [0, 0.05) is 27.9 Å². The fourth-order valence-corrected chi connectivity index (χ4v) is 6.84. The third kappa shape index (κ3) is 3.69. The Hall–Kier alpha value is -3.16. The molecule has 0 radical (unpaired) electrons. The van der Waals surface area contributed by atoms with Gasteiger partial charge in [-0.15, -0.1) is 23.1 Å². The summed E-state index contributed by atoms with van der Waals surface area (Å²) in [6.07, 6.45) is 7.58. The molecule has 34 heavy (non-hydrogen) atoms. The first-order valence-electron chi connectivity index (χ1n) is 10.6. The normalized spacial score (nSPS) is 25.4. The molecule has 0 unspecified atom stereocenters. The molecule has 13 heteroatoms. The summed E-state index contributed by atoms with van der Waals surface area (Å²) < 4.78 is 0.483. The van der Waals surface area contributed by atoms with Gasteiger partial charge in [-0.2, -0.15) is 0 Å². The Labute approximate surface area is 202 Å². The lowest BCUT2D eigenvalue weighted by Gasteiger charge is -2.49. The number of nitrogens with zero attached hydrogens (tertiary/aromatic N) is 4. The molecule has 1 saturated carbocycles. The summed E-state index contributed by atoms with van der Waals surface area (Å²) in [5.41, 5.74) is 8.61. The molecular weight excluding hydrogens is 480 g/mol. The summed E-state index contributed by atoms with van der Waals surface area (Å²) in [6.45, 7) is 0.460. The number of aromatic nitrogens is 1. The Morgan fingerprint density at radius 2 is 2.06 bits per heavy atom. The number of thioether (sulfide) groups is 1. The van der Waals surface area contributed by atoms with Crippen LogP contribution in [-0.4, -0.2) is 78.9 Å². The van der Waals surface area contributed by atoms with E-state index in [1.54, 1.807) is 0 Å². The van der Waals surface area contributed by atoms with Gasteiger partial charge in [-0.1, -0.05) is 5.16 Å². The third-order valence-electron chi connectivity index (χ3n) is 6.35. The minimum Gasteiger partial charge on any atom is -0.477 e. The van der Waals surface area contributed by atoms with Gasteiger partial charge < -0.3 is 21.4 Å². The number of oxime groups is 1. The molecule has 2 atom stereocenters. The zero-order valence-corrected chi connectivity index (χ0v) is 19.9. The standard InChI is InChI=1S/C21H22N6O5S2/c1-27(5-10-3-2-4-11(10)6-27)7-12-8-33-19-15(18(29)26(19)16(12)20(30)31)24-17(28)14(25-32)13-9-34-21(22)23-13/h5-6,9,15,19H,2-4,7-8H2,1H3,(H4-,22,23,24,28,30,31,32)/p+1/t15-,19-/m1/s1. The van der Waals surface area contributed by atoms with Crippen LogP contribution in [-0.2, 0) is 14.4 Å². The molecule has 0 bridgehead atoms. The fourth-order valence-electron chi connectivity index (χ4n) is 4.96. The van der Waals surface area contributed by atoms with Crippen molar-refractivity contribution in [3.05, 3.63) is 45.9 Å². The number of aliphatic carboxylic acids is 1. The quantitative estimate of drug-likeness (QED) is 0.147. The SMILES string of the molecule is C[N+]1(CC2=C(C(=O)O)N3C(=O)[C@@H](NC(=O)/C(=N\O)c4csc(N)n4)[C@H]3SC2)C=C2CCCC2=C1. The molecule has 2 fully saturated rings. The van der Waals surface area contributed by atoms with Gasteiger partial charge in [-0.05, 0) is 19.3 Å². The summed E-state index contributed by atoms with van der Waals surface area (Å²) in [5.74, 6) is -2.06. The smallest absolute Gasteiger partial charge is 0.352 e. The number of fused-ring (bicyclic) bond motifs is 2. The van der Waals surface area contributed by atoms with Crippen LogP contribution >= 0.6 is 23.1 Å². The number of allylic oxidation sites excluding steroid dienone is 2. The van der Waals surface area contributed by atoms with Crippen molar-refractivity contribution in [2.24, 2.45) is 5.16 Å². The average molecular weight is 504 g/mol. The summed E-state index contributed by atoms with van der Waals surface area (Å²) in [7, 11) is 2.03. The van der Waals surface area contributed by atoms with E-state index in [0.29, 0.717) is 22.4 Å². The summed E-state index contributed by atoms with van der Waals surface area (Å²) in [6, 6.07) is -0.943. The van der Waals surface area contributed by atoms with Crippen molar-refractivity contribution in [1.29, 1.82) is 0 Å². The molecular formula is C21H23N6O5S2+. The maximum atomic E-state index is 13.0. The summed E-state index contributed by atoms with van der Waals surface area (Å²) >= 11 is 2.48. The van der Waals surface area contributed by atoms with Crippen LogP contribution in [0.25, 0.3) is 0 Å². The molecule has 1 aromatic rings. The first kappa shape index (κ1) is 22.6. The number of likely N-dealkylation sites (N-methyl/N-ethyl adjacent to an activating group) is 1. The van der Waals surface area contributed by atoms with Gasteiger partial charge in [0.05, 0.1) is 7.05 Å². The lowest BCUT2D eigenvalue weighted by Crippen LogP contribution is -2.71.